The molecule has 1 fully saturated rings. The topological polar surface area (TPSA) is 105 Å². The van der Waals surface area contributed by atoms with Gasteiger partial charge in [-0.1, -0.05) is 17.3 Å². The molecule has 3 rings (SSSR count). The molecule has 1 aromatic heterocycles. The van der Waals surface area contributed by atoms with Crippen LogP contribution in [0.5, 0.6) is 0 Å². The number of carbonyl (C=O) groups excluding carboxylic acids is 1. The van der Waals surface area contributed by atoms with Crippen LogP contribution >= 0.6 is 0 Å². The second-order valence-electron chi connectivity index (χ2n) is 7.34. The van der Waals surface area contributed by atoms with E-state index in [2.05, 4.69) is 15.8 Å². The number of halogens is 3. The molecule has 0 bridgehead atoms. The smallest absolute Gasteiger partial charge is 0.375 e. The predicted molar refractivity (Wildman–Crippen MR) is 107 cm³/mol. The highest BCUT2D eigenvalue weighted by Gasteiger charge is 2.35. The van der Waals surface area contributed by atoms with E-state index in [9.17, 15) is 26.4 Å². The number of nitrogens with one attached hydrogen (secondary N) is 2. The van der Waals surface area contributed by atoms with Crippen molar-refractivity contribution >= 4 is 27.3 Å². The van der Waals surface area contributed by atoms with Crippen molar-refractivity contribution < 1.29 is 30.9 Å². The number of amides is 1. The molecule has 1 aliphatic heterocycles. The highest BCUT2D eigenvalue weighted by Crippen LogP contribution is 2.29. The Morgan fingerprint density at radius 1 is 1.19 bits per heavy atom. The van der Waals surface area contributed by atoms with Crippen molar-refractivity contribution in [2.24, 2.45) is 5.92 Å². The second-order valence-corrected chi connectivity index (χ2v) is 9.21. The number of sulfonamides is 1. The summed E-state index contributed by atoms with van der Waals surface area (Å²) in [4.78, 5) is 12.7. The van der Waals surface area contributed by atoms with Crippen LogP contribution in [0.4, 0.5) is 24.5 Å². The number of para-hydroxylation sites is 2. The summed E-state index contributed by atoms with van der Waals surface area (Å²) in [7, 11) is -3.79. The maximum absolute atomic E-state index is 12.9. The predicted octanol–water partition coefficient (Wildman–Crippen LogP) is 3.31. The highest BCUT2D eigenvalue weighted by atomic mass is 32.2. The second kappa shape index (κ2) is 8.87. The van der Waals surface area contributed by atoms with Crippen LogP contribution in [0.25, 0.3) is 0 Å². The Bertz CT molecular complexity index is 1030. The minimum absolute atomic E-state index is 0.0417. The van der Waals surface area contributed by atoms with Gasteiger partial charge in [-0.25, -0.2) is 8.42 Å². The van der Waals surface area contributed by atoms with Crippen LogP contribution < -0.4 is 10.6 Å². The zero-order valence-corrected chi connectivity index (χ0v) is 17.8. The van der Waals surface area contributed by atoms with E-state index >= 15 is 0 Å². The van der Waals surface area contributed by atoms with Gasteiger partial charge in [0.25, 0.3) is 0 Å². The van der Waals surface area contributed by atoms with Crippen molar-refractivity contribution in [1.29, 1.82) is 0 Å². The fourth-order valence-corrected chi connectivity index (χ4v) is 5.27. The molecule has 8 nitrogen and oxygen atoms in total. The molecular formula is C19H23F3N4O4S. The van der Waals surface area contributed by atoms with Crippen LogP contribution in [-0.2, 0) is 14.8 Å². The van der Waals surface area contributed by atoms with Gasteiger partial charge in [0.15, 0.2) is 5.76 Å². The SMILES string of the molecule is Cc1noc(C)c1S(=O)(=O)N1CCC(C(=O)Nc2ccccc2NCC(F)(F)F)CC1. The van der Waals surface area contributed by atoms with Gasteiger partial charge in [-0.2, -0.15) is 17.5 Å². The molecule has 170 valence electrons. The molecule has 2 heterocycles. The fourth-order valence-electron chi connectivity index (χ4n) is 3.51. The first kappa shape index (κ1) is 23.1. The molecule has 1 saturated heterocycles. The van der Waals surface area contributed by atoms with Gasteiger partial charge in [0, 0.05) is 19.0 Å². The van der Waals surface area contributed by atoms with Gasteiger partial charge >= 0.3 is 6.18 Å². The van der Waals surface area contributed by atoms with Crippen LogP contribution in [0.2, 0.25) is 0 Å². The van der Waals surface area contributed by atoms with Gasteiger partial charge in [-0.05, 0) is 38.8 Å². The Hall–Kier alpha value is -2.60. The average molecular weight is 460 g/mol. The van der Waals surface area contributed by atoms with Gasteiger partial charge in [-0.3, -0.25) is 4.79 Å². The summed E-state index contributed by atoms with van der Waals surface area (Å²) in [5, 5.41) is 8.61. The van der Waals surface area contributed by atoms with E-state index in [-0.39, 0.29) is 59.6 Å². The first-order chi connectivity index (χ1) is 14.5. The number of aryl methyl sites for hydroxylation is 2. The van der Waals surface area contributed by atoms with Crippen molar-refractivity contribution in [2.75, 3.05) is 30.3 Å². The van der Waals surface area contributed by atoms with E-state index < -0.39 is 28.7 Å². The Morgan fingerprint density at radius 2 is 1.81 bits per heavy atom. The number of hydrogen-bond acceptors (Lipinski definition) is 6. The quantitative estimate of drug-likeness (QED) is 0.686. The van der Waals surface area contributed by atoms with Gasteiger partial charge in [-0.15, -0.1) is 0 Å². The third kappa shape index (κ3) is 5.37. The van der Waals surface area contributed by atoms with E-state index in [1.54, 1.807) is 19.1 Å². The first-order valence-electron chi connectivity index (χ1n) is 9.62. The van der Waals surface area contributed by atoms with Crippen molar-refractivity contribution in [3.63, 3.8) is 0 Å². The number of nitrogens with zero attached hydrogens (tertiary/aromatic N) is 2. The summed E-state index contributed by atoms with van der Waals surface area (Å²) in [6.45, 7) is 2.12. The normalized spacial score (nSPS) is 16.3. The van der Waals surface area contributed by atoms with Crippen molar-refractivity contribution in [1.82, 2.24) is 9.46 Å². The Balaban J connectivity index is 1.63. The number of aromatic nitrogens is 1. The maximum Gasteiger partial charge on any atom is 0.405 e. The number of piperidine rings is 1. The van der Waals surface area contributed by atoms with Gasteiger partial charge in [0.1, 0.15) is 17.1 Å². The zero-order chi connectivity index (χ0) is 22.8. The van der Waals surface area contributed by atoms with E-state index in [1.807, 2.05) is 0 Å². The summed E-state index contributed by atoms with van der Waals surface area (Å²) < 4.78 is 69.5. The molecule has 0 atom stereocenters. The average Bonchev–Trinajstić information content (AvgIpc) is 3.05. The lowest BCUT2D eigenvalue weighted by Crippen LogP contribution is -2.41. The molecule has 0 spiro atoms. The largest absolute Gasteiger partial charge is 0.405 e. The van der Waals surface area contributed by atoms with Gasteiger partial charge < -0.3 is 15.2 Å². The molecule has 2 N–H and O–H groups in total. The number of alkyl halides is 3. The first-order valence-corrected chi connectivity index (χ1v) is 11.1. The molecule has 1 amide bonds. The van der Waals surface area contributed by atoms with E-state index in [0.717, 1.165) is 0 Å². The molecule has 31 heavy (non-hydrogen) atoms. The molecule has 0 unspecified atom stereocenters. The molecule has 1 aromatic carbocycles. The highest BCUT2D eigenvalue weighted by molar-refractivity contribution is 7.89. The maximum atomic E-state index is 12.9. The monoisotopic (exact) mass is 460 g/mol. The Morgan fingerprint density at radius 3 is 2.35 bits per heavy atom. The van der Waals surface area contributed by atoms with Crippen molar-refractivity contribution in [3.8, 4) is 0 Å². The Labute approximate surface area is 177 Å². The number of hydrogen-bond donors (Lipinski definition) is 2. The summed E-state index contributed by atoms with van der Waals surface area (Å²) in [5.74, 6) is -0.622. The van der Waals surface area contributed by atoms with Crippen LogP contribution in [-0.4, -0.2) is 49.6 Å². The van der Waals surface area contributed by atoms with Crippen LogP contribution in [0.3, 0.4) is 0 Å². The molecule has 2 aromatic rings. The lowest BCUT2D eigenvalue weighted by Gasteiger charge is -2.30. The number of rotatable bonds is 6. The van der Waals surface area contributed by atoms with E-state index in [4.69, 9.17) is 4.52 Å². The third-order valence-corrected chi connectivity index (χ3v) is 7.20. The molecule has 0 saturated carbocycles. The zero-order valence-electron chi connectivity index (χ0n) is 17.0. The van der Waals surface area contributed by atoms with Gasteiger partial charge in [0.05, 0.1) is 11.4 Å². The van der Waals surface area contributed by atoms with Crippen molar-refractivity contribution in [2.45, 2.75) is 37.8 Å². The summed E-state index contributed by atoms with van der Waals surface area (Å²) >= 11 is 0. The van der Waals surface area contributed by atoms with Crippen LogP contribution in [0.1, 0.15) is 24.3 Å². The molecule has 0 radical (unpaired) electrons. The molecular weight excluding hydrogens is 437 g/mol. The molecule has 0 aliphatic carbocycles. The lowest BCUT2D eigenvalue weighted by atomic mass is 9.97. The number of carbonyl (C=O) groups is 1. The summed E-state index contributed by atoms with van der Waals surface area (Å²) in [6, 6.07) is 6.12. The molecule has 1 aliphatic rings. The lowest BCUT2D eigenvalue weighted by molar-refractivity contribution is -0.121. The summed E-state index contributed by atoms with van der Waals surface area (Å²) in [6.07, 6.45) is -3.82. The van der Waals surface area contributed by atoms with Gasteiger partial charge in [0.2, 0.25) is 15.9 Å². The third-order valence-electron chi connectivity index (χ3n) is 5.05. The van der Waals surface area contributed by atoms with E-state index in [1.165, 1.54) is 23.4 Å². The number of benzene rings is 1. The number of anilines is 2. The summed E-state index contributed by atoms with van der Waals surface area (Å²) in [5.41, 5.74) is 0.675. The fraction of sp³-hybridized carbons (Fsp3) is 0.474. The minimum atomic E-state index is -4.39. The van der Waals surface area contributed by atoms with Crippen LogP contribution in [0.15, 0.2) is 33.7 Å². The van der Waals surface area contributed by atoms with Crippen molar-refractivity contribution in [3.05, 3.63) is 35.7 Å². The molecule has 12 heteroatoms. The van der Waals surface area contributed by atoms with Crippen LogP contribution in [0, 0.1) is 19.8 Å². The Kier molecular flexibility index (Phi) is 6.60. The van der Waals surface area contributed by atoms with E-state index in [0.29, 0.717) is 0 Å². The standard InChI is InChI=1S/C19H23F3N4O4S/c1-12-17(13(2)30-25-12)31(28,29)26-9-7-14(8-10-26)18(27)24-16-6-4-3-5-15(16)23-11-19(20,21)22/h3-6,14,23H,7-11H2,1-2H3,(H,24,27). The minimum Gasteiger partial charge on any atom is -0.375 e.